The highest BCUT2D eigenvalue weighted by Crippen LogP contribution is 2.22. The van der Waals surface area contributed by atoms with Crippen molar-refractivity contribution in [3.8, 4) is 0 Å². The lowest BCUT2D eigenvalue weighted by Gasteiger charge is -2.20. The Morgan fingerprint density at radius 3 is 2.60 bits per heavy atom. The summed E-state index contributed by atoms with van der Waals surface area (Å²) in [5.74, 6) is -1.70. The quantitative estimate of drug-likeness (QED) is 0.798. The number of carboxylic acids is 1. The first kappa shape index (κ1) is 16.6. The van der Waals surface area contributed by atoms with E-state index in [1.807, 2.05) is 0 Å². The zero-order chi connectivity index (χ0) is 15.5. The summed E-state index contributed by atoms with van der Waals surface area (Å²) in [7, 11) is -2.49. The van der Waals surface area contributed by atoms with Crippen molar-refractivity contribution in [1.82, 2.24) is 9.62 Å². The standard InChI is InChI=1S/C11H16N2O5S2/c1-4-13(3)10(14)7(2)12-20(17,18)8-5-6-19-9(8)11(15)16/h5-7,12H,4H2,1-3H3,(H,15,16). The molecule has 1 aromatic heterocycles. The van der Waals surface area contributed by atoms with E-state index in [2.05, 4.69) is 4.72 Å². The molecule has 1 aromatic rings. The second-order valence-corrected chi connectivity index (χ2v) is 6.71. The highest BCUT2D eigenvalue weighted by molar-refractivity contribution is 7.89. The smallest absolute Gasteiger partial charge is 0.347 e. The number of thiophene rings is 1. The second kappa shape index (κ2) is 6.33. The zero-order valence-corrected chi connectivity index (χ0v) is 12.9. The molecule has 0 spiro atoms. The molecule has 1 unspecified atom stereocenters. The number of carboxylic acid groups (broad SMARTS) is 1. The van der Waals surface area contributed by atoms with E-state index in [1.54, 1.807) is 14.0 Å². The van der Waals surface area contributed by atoms with Gasteiger partial charge in [0.2, 0.25) is 15.9 Å². The molecule has 1 rings (SSSR count). The molecule has 0 aliphatic heterocycles. The third-order valence-corrected chi connectivity index (χ3v) is 5.28. The van der Waals surface area contributed by atoms with E-state index < -0.39 is 22.0 Å². The second-order valence-electron chi connectivity index (χ2n) is 4.11. The van der Waals surface area contributed by atoms with Crippen molar-refractivity contribution < 1.29 is 23.1 Å². The third-order valence-electron chi connectivity index (χ3n) is 2.67. The number of nitrogens with zero attached hydrogens (tertiary/aromatic N) is 1. The fourth-order valence-corrected chi connectivity index (χ4v) is 3.95. The molecule has 0 bridgehead atoms. The first-order valence-corrected chi connectivity index (χ1v) is 8.15. The molecule has 7 nitrogen and oxygen atoms in total. The number of nitrogens with one attached hydrogen (secondary N) is 1. The van der Waals surface area contributed by atoms with Gasteiger partial charge >= 0.3 is 5.97 Å². The Hall–Kier alpha value is -1.45. The van der Waals surface area contributed by atoms with Crippen LogP contribution in [0.1, 0.15) is 23.5 Å². The minimum Gasteiger partial charge on any atom is -0.477 e. The fraction of sp³-hybridized carbons (Fsp3) is 0.455. The van der Waals surface area contributed by atoms with E-state index in [4.69, 9.17) is 5.11 Å². The molecule has 0 aliphatic rings. The predicted molar refractivity (Wildman–Crippen MR) is 74.4 cm³/mol. The minimum absolute atomic E-state index is 0.277. The van der Waals surface area contributed by atoms with E-state index in [0.717, 1.165) is 11.3 Å². The monoisotopic (exact) mass is 320 g/mol. The molecular formula is C11H16N2O5S2. The Bertz CT molecular complexity index is 608. The van der Waals surface area contributed by atoms with Gasteiger partial charge in [0, 0.05) is 13.6 Å². The fourth-order valence-electron chi connectivity index (χ4n) is 1.50. The number of sulfonamides is 1. The summed E-state index contributed by atoms with van der Waals surface area (Å²) in [6.07, 6.45) is 0. The Morgan fingerprint density at radius 2 is 2.10 bits per heavy atom. The molecule has 0 aromatic carbocycles. The molecule has 0 radical (unpaired) electrons. The van der Waals surface area contributed by atoms with Gasteiger partial charge in [0.15, 0.2) is 0 Å². The Balaban J connectivity index is 2.98. The molecule has 1 amide bonds. The van der Waals surface area contributed by atoms with E-state index in [9.17, 15) is 18.0 Å². The van der Waals surface area contributed by atoms with Crippen LogP contribution >= 0.6 is 11.3 Å². The maximum Gasteiger partial charge on any atom is 0.347 e. The number of rotatable bonds is 6. The normalized spacial score (nSPS) is 12.9. The molecule has 2 N–H and O–H groups in total. The minimum atomic E-state index is -4.05. The van der Waals surface area contributed by atoms with Crippen molar-refractivity contribution >= 4 is 33.2 Å². The van der Waals surface area contributed by atoms with Crippen LogP contribution in [-0.4, -0.2) is 49.9 Å². The van der Waals surface area contributed by atoms with Gasteiger partial charge in [0.25, 0.3) is 0 Å². The summed E-state index contributed by atoms with van der Waals surface area (Å²) in [6, 6.07) is 0.239. The first-order valence-electron chi connectivity index (χ1n) is 5.78. The van der Waals surface area contributed by atoms with Crippen LogP contribution in [0, 0.1) is 0 Å². The average molecular weight is 320 g/mol. The SMILES string of the molecule is CCN(C)C(=O)C(C)NS(=O)(=O)c1ccsc1C(=O)O. The van der Waals surface area contributed by atoms with Crippen LogP contribution in [0.5, 0.6) is 0 Å². The summed E-state index contributed by atoms with van der Waals surface area (Å²) in [5.41, 5.74) is 0. The van der Waals surface area contributed by atoms with Gasteiger partial charge in [-0.2, -0.15) is 4.72 Å². The van der Waals surface area contributed by atoms with Gasteiger partial charge in [-0.25, -0.2) is 13.2 Å². The molecule has 1 heterocycles. The van der Waals surface area contributed by atoms with E-state index in [-0.39, 0.29) is 15.7 Å². The Morgan fingerprint density at radius 1 is 1.50 bits per heavy atom. The van der Waals surface area contributed by atoms with Crippen LogP contribution in [0.15, 0.2) is 16.3 Å². The zero-order valence-electron chi connectivity index (χ0n) is 11.3. The van der Waals surface area contributed by atoms with E-state index >= 15 is 0 Å². The summed E-state index contributed by atoms with van der Waals surface area (Å²) < 4.78 is 26.4. The van der Waals surface area contributed by atoms with Crippen molar-refractivity contribution in [2.75, 3.05) is 13.6 Å². The predicted octanol–water partition coefficient (Wildman–Crippen LogP) is 0.591. The highest BCUT2D eigenvalue weighted by Gasteiger charge is 2.28. The topological polar surface area (TPSA) is 104 Å². The number of aromatic carboxylic acids is 1. The van der Waals surface area contributed by atoms with Crippen molar-refractivity contribution in [3.63, 3.8) is 0 Å². The molecule has 0 aliphatic carbocycles. The Labute approximate surface area is 121 Å². The molecule has 0 saturated heterocycles. The number of likely N-dealkylation sites (N-methyl/N-ethyl adjacent to an activating group) is 1. The Kier molecular flexibility index (Phi) is 5.26. The number of hydrogen-bond acceptors (Lipinski definition) is 5. The van der Waals surface area contributed by atoms with Crippen LogP contribution in [0.4, 0.5) is 0 Å². The van der Waals surface area contributed by atoms with Crippen LogP contribution < -0.4 is 4.72 Å². The van der Waals surface area contributed by atoms with Gasteiger partial charge < -0.3 is 10.0 Å². The van der Waals surface area contributed by atoms with Crippen molar-refractivity contribution in [2.24, 2.45) is 0 Å². The highest BCUT2D eigenvalue weighted by atomic mass is 32.2. The number of carbonyl (C=O) groups excluding carboxylic acids is 1. The lowest BCUT2D eigenvalue weighted by atomic mass is 10.3. The molecule has 0 saturated carbocycles. The third kappa shape index (κ3) is 3.56. The maximum atomic E-state index is 12.1. The van der Waals surface area contributed by atoms with Crippen LogP contribution in [-0.2, 0) is 14.8 Å². The molecule has 20 heavy (non-hydrogen) atoms. The summed E-state index contributed by atoms with van der Waals surface area (Å²) in [6.45, 7) is 3.63. The number of hydrogen-bond donors (Lipinski definition) is 2. The van der Waals surface area contributed by atoms with Gasteiger partial charge in [-0.15, -0.1) is 11.3 Å². The largest absolute Gasteiger partial charge is 0.477 e. The number of amides is 1. The molecule has 9 heteroatoms. The maximum absolute atomic E-state index is 12.1. The van der Waals surface area contributed by atoms with Crippen molar-refractivity contribution in [3.05, 3.63) is 16.3 Å². The van der Waals surface area contributed by atoms with Gasteiger partial charge in [-0.3, -0.25) is 4.79 Å². The van der Waals surface area contributed by atoms with Gasteiger partial charge in [-0.1, -0.05) is 0 Å². The van der Waals surface area contributed by atoms with Gasteiger partial charge in [0.1, 0.15) is 9.77 Å². The summed E-state index contributed by atoms with van der Waals surface area (Å²) in [4.78, 5) is 23.5. The summed E-state index contributed by atoms with van der Waals surface area (Å²) >= 11 is 0.817. The molecule has 1 atom stereocenters. The summed E-state index contributed by atoms with van der Waals surface area (Å²) in [5, 5.41) is 10.3. The molecular weight excluding hydrogens is 304 g/mol. The lowest BCUT2D eigenvalue weighted by molar-refractivity contribution is -0.131. The molecule has 112 valence electrons. The molecule has 0 fully saturated rings. The van der Waals surface area contributed by atoms with Crippen molar-refractivity contribution in [1.29, 1.82) is 0 Å². The van der Waals surface area contributed by atoms with Crippen LogP contribution in [0.2, 0.25) is 0 Å². The van der Waals surface area contributed by atoms with Crippen molar-refractivity contribution in [2.45, 2.75) is 24.8 Å². The van der Waals surface area contributed by atoms with Gasteiger partial charge in [-0.05, 0) is 25.3 Å². The number of carbonyl (C=O) groups is 2. The van der Waals surface area contributed by atoms with Crippen LogP contribution in [0.25, 0.3) is 0 Å². The van der Waals surface area contributed by atoms with Gasteiger partial charge in [0.05, 0.1) is 6.04 Å². The van der Waals surface area contributed by atoms with Crippen LogP contribution in [0.3, 0.4) is 0 Å². The first-order chi connectivity index (χ1) is 9.20. The van der Waals surface area contributed by atoms with E-state index in [1.165, 1.54) is 23.3 Å². The van der Waals surface area contributed by atoms with E-state index in [0.29, 0.717) is 6.54 Å². The lowest BCUT2D eigenvalue weighted by Crippen LogP contribution is -2.45. The average Bonchev–Trinajstić information content (AvgIpc) is 2.86.